The Labute approximate surface area is 177 Å². The molecule has 1 aromatic heterocycles. The largest absolute Gasteiger partial charge is 0.390 e. The summed E-state index contributed by atoms with van der Waals surface area (Å²) in [6.45, 7) is 7.53. The number of aromatic amines is 1. The Bertz CT molecular complexity index is 846. The van der Waals surface area contributed by atoms with E-state index in [4.69, 9.17) is 9.57 Å². The van der Waals surface area contributed by atoms with Crippen LogP contribution in [0.15, 0.2) is 35.6 Å². The molecular weight excluding hydrogens is 386 g/mol. The highest BCUT2D eigenvalue weighted by molar-refractivity contribution is 5.93. The van der Waals surface area contributed by atoms with Gasteiger partial charge in [0.05, 0.1) is 6.10 Å². The zero-order chi connectivity index (χ0) is 22.3. The molecule has 4 N–H and O–H groups in total. The molecule has 8 heteroatoms. The second-order valence-electron chi connectivity index (χ2n) is 7.91. The van der Waals surface area contributed by atoms with Crippen molar-refractivity contribution < 1.29 is 24.6 Å². The monoisotopic (exact) mass is 419 g/mol. The predicted molar refractivity (Wildman–Crippen MR) is 116 cm³/mol. The van der Waals surface area contributed by atoms with Crippen molar-refractivity contribution in [3.05, 3.63) is 36.0 Å². The maximum atomic E-state index is 12.1. The Morgan fingerprint density at radius 1 is 1.20 bits per heavy atom. The molecule has 1 unspecified atom stereocenters. The number of methoxy groups -OCH3 is 1. The molecule has 0 aliphatic rings. The van der Waals surface area contributed by atoms with Gasteiger partial charge in [-0.15, -0.1) is 0 Å². The van der Waals surface area contributed by atoms with E-state index in [1.54, 1.807) is 0 Å². The van der Waals surface area contributed by atoms with E-state index in [-0.39, 0.29) is 30.1 Å². The van der Waals surface area contributed by atoms with E-state index in [1.807, 2.05) is 51.2 Å². The summed E-state index contributed by atoms with van der Waals surface area (Å²) < 4.78 is 5.51. The summed E-state index contributed by atoms with van der Waals surface area (Å²) in [5.41, 5.74) is 2.13. The van der Waals surface area contributed by atoms with Gasteiger partial charge in [0.2, 0.25) is 0 Å². The van der Waals surface area contributed by atoms with Gasteiger partial charge in [0, 0.05) is 25.4 Å². The van der Waals surface area contributed by atoms with Gasteiger partial charge in [-0.2, -0.15) is 0 Å². The highest BCUT2D eigenvalue weighted by Gasteiger charge is 2.32. The summed E-state index contributed by atoms with van der Waals surface area (Å²) in [4.78, 5) is 20.5. The first-order valence-corrected chi connectivity index (χ1v) is 10.2. The second-order valence-corrected chi connectivity index (χ2v) is 7.91. The van der Waals surface area contributed by atoms with Crippen LogP contribution in [0.1, 0.15) is 33.3 Å². The number of ether oxygens (including phenoxy) is 1. The summed E-state index contributed by atoms with van der Waals surface area (Å²) in [5.74, 6) is -0.0776. The standard InChI is InChI=1S/C22H33N3O5/c1-13(2)14(3)22(29-5)20(21(28)15(4)26)25-30-12-19(27)24-11-16-6-7-17-8-9-23-18(17)10-16/h6-10,13-15,21-23,26,28H,11-12H2,1-5H3,(H,24,27)/b25-20+/t14?,15-,21+,22+/m1/s1. The fraction of sp³-hybridized carbons (Fsp3) is 0.545. The Hall–Kier alpha value is -2.42. The van der Waals surface area contributed by atoms with Crippen LogP contribution in [0.5, 0.6) is 0 Å². The molecule has 8 nitrogen and oxygen atoms in total. The molecule has 166 valence electrons. The Morgan fingerprint density at radius 3 is 2.57 bits per heavy atom. The lowest BCUT2D eigenvalue weighted by Gasteiger charge is -2.29. The highest BCUT2D eigenvalue weighted by Crippen LogP contribution is 2.21. The average Bonchev–Trinajstić information content (AvgIpc) is 3.18. The third-order valence-corrected chi connectivity index (χ3v) is 5.31. The van der Waals surface area contributed by atoms with Crippen molar-refractivity contribution in [3.8, 4) is 0 Å². The van der Waals surface area contributed by atoms with Crippen LogP contribution in [0, 0.1) is 11.8 Å². The average molecular weight is 420 g/mol. The Balaban J connectivity index is 1.97. The molecule has 1 aromatic carbocycles. The van der Waals surface area contributed by atoms with Crippen molar-refractivity contribution in [2.45, 2.75) is 52.6 Å². The minimum absolute atomic E-state index is 0.0162. The maximum Gasteiger partial charge on any atom is 0.261 e. The van der Waals surface area contributed by atoms with Gasteiger partial charge in [0.15, 0.2) is 6.61 Å². The van der Waals surface area contributed by atoms with Crippen LogP contribution >= 0.6 is 0 Å². The van der Waals surface area contributed by atoms with Crippen molar-refractivity contribution >= 4 is 22.5 Å². The van der Waals surface area contributed by atoms with Crippen LogP contribution in [-0.4, -0.2) is 58.8 Å². The van der Waals surface area contributed by atoms with Gasteiger partial charge in [-0.05, 0) is 41.8 Å². The van der Waals surface area contributed by atoms with Gasteiger partial charge in [-0.25, -0.2) is 0 Å². The molecule has 0 radical (unpaired) electrons. The van der Waals surface area contributed by atoms with E-state index >= 15 is 0 Å². The van der Waals surface area contributed by atoms with E-state index in [0.29, 0.717) is 6.54 Å². The third-order valence-electron chi connectivity index (χ3n) is 5.31. The SMILES string of the molecule is CO[C@H](/C(=N/OCC(=O)NCc1ccc2cc[nH]c2c1)[C@@H](O)[C@@H](C)O)C(C)C(C)C. The van der Waals surface area contributed by atoms with Crippen LogP contribution in [0.2, 0.25) is 0 Å². The van der Waals surface area contributed by atoms with Gasteiger partial charge in [-0.3, -0.25) is 4.79 Å². The molecule has 0 bridgehead atoms. The number of hydrogen-bond donors (Lipinski definition) is 4. The highest BCUT2D eigenvalue weighted by atomic mass is 16.6. The van der Waals surface area contributed by atoms with Crippen LogP contribution < -0.4 is 5.32 Å². The number of nitrogens with one attached hydrogen (secondary N) is 2. The molecule has 30 heavy (non-hydrogen) atoms. The molecule has 2 rings (SSSR count). The number of rotatable bonds is 11. The van der Waals surface area contributed by atoms with Gasteiger partial charge in [0.1, 0.15) is 17.9 Å². The number of amides is 1. The van der Waals surface area contributed by atoms with Crippen molar-refractivity contribution in [1.29, 1.82) is 0 Å². The number of benzene rings is 1. The van der Waals surface area contributed by atoms with E-state index in [1.165, 1.54) is 14.0 Å². The molecule has 1 heterocycles. The lowest BCUT2D eigenvalue weighted by molar-refractivity contribution is -0.125. The number of carbonyl (C=O) groups is 1. The lowest BCUT2D eigenvalue weighted by atomic mass is 9.87. The minimum atomic E-state index is -1.26. The van der Waals surface area contributed by atoms with Crippen molar-refractivity contribution in [1.82, 2.24) is 10.3 Å². The molecule has 2 aromatic rings. The lowest BCUT2D eigenvalue weighted by Crippen LogP contribution is -2.44. The first-order chi connectivity index (χ1) is 14.2. The fourth-order valence-electron chi connectivity index (χ4n) is 3.10. The number of fused-ring (bicyclic) bond motifs is 1. The van der Waals surface area contributed by atoms with E-state index in [9.17, 15) is 15.0 Å². The molecule has 0 aliphatic heterocycles. The first kappa shape index (κ1) is 23.9. The number of aliphatic hydroxyl groups is 2. The van der Waals surface area contributed by atoms with E-state index in [2.05, 4.69) is 15.5 Å². The first-order valence-electron chi connectivity index (χ1n) is 10.2. The van der Waals surface area contributed by atoms with Crippen LogP contribution in [0.4, 0.5) is 0 Å². The summed E-state index contributed by atoms with van der Waals surface area (Å²) >= 11 is 0. The third kappa shape index (κ3) is 6.29. The molecule has 4 atom stereocenters. The molecular formula is C22H33N3O5. The van der Waals surface area contributed by atoms with Crippen LogP contribution in [-0.2, 0) is 20.9 Å². The Kier molecular flexibility index (Phi) is 8.83. The molecule has 0 aliphatic carbocycles. The van der Waals surface area contributed by atoms with Crippen LogP contribution in [0.3, 0.4) is 0 Å². The number of oxime groups is 1. The fourth-order valence-corrected chi connectivity index (χ4v) is 3.10. The van der Waals surface area contributed by atoms with Gasteiger partial charge < -0.3 is 30.1 Å². The quantitative estimate of drug-likeness (QED) is 0.329. The molecule has 1 amide bonds. The molecule has 0 fully saturated rings. The van der Waals surface area contributed by atoms with Gasteiger partial charge in [-0.1, -0.05) is 38.1 Å². The number of nitrogens with zero attached hydrogens (tertiary/aromatic N) is 1. The number of aliphatic hydroxyl groups excluding tert-OH is 2. The van der Waals surface area contributed by atoms with Crippen LogP contribution in [0.25, 0.3) is 10.9 Å². The summed E-state index contributed by atoms with van der Waals surface area (Å²) in [5, 5.41) is 28.0. The molecule has 0 saturated carbocycles. The minimum Gasteiger partial charge on any atom is -0.390 e. The van der Waals surface area contributed by atoms with Crippen molar-refractivity contribution in [3.63, 3.8) is 0 Å². The van der Waals surface area contributed by atoms with Gasteiger partial charge in [0.25, 0.3) is 5.91 Å². The molecule has 0 saturated heterocycles. The smallest absolute Gasteiger partial charge is 0.261 e. The Morgan fingerprint density at radius 2 is 1.93 bits per heavy atom. The normalized spacial score (nSPS) is 16.3. The number of hydrogen-bond acceptors (Lipinski definition) is 6. The van der Waals surface area contributed by atoms with Gasteiger partial charge >= 0.3 is 0 Å². The second kappa shape index (κ2) is 11.1. The number of H-pyrrole nitrogens is 1. The maximum absolute atomic E-state index is 12.1. The summed E-state index contributed by atoms with van der Waals surface area (Å²) in [6.07, 6.45) is -0.996. The predicted octanol–water partition coefficient (Wildman–Crippen LogP) is 2.21. The topological polar surface area (TPSA) is 116 Å². The van der Waals surface area contributed by atoms with E-state index in [0.717, 1.165) is 16.5 Å². The zero-order valence-corrected chi connectivity index (χ0v) is 18.3. The number of aromatic nitrogens is 1. The summed E-state index contributed by atoms with van der Waals surface area (Å²) in [7, 11) is 1.52. The number of carbonyl (C=O) groups excluding carboxylic acids is 1. The molecule has 0 spiro atoms. The van der Waals surface area contributed by atoms with Crippen molar-refractivity contribution in [2.75, 3.05) is 13.7 Å². The zero-order valence-electron chi connectivity index (χ0n) is 18.3. The van der Waals surface area contributed by atoms with Crippen molar-refractivity contribution in [2.24, 2.45) is 17.0 Å². The van der Waals surface area contributed by atoms with E-state index < -0.39 is 18.3 Å². The summed E-state index contributed by atoms with van der Waals surface area (Å²) in [6, 6.07) is 7.89.